The molecule has 1 aromatic heterocycles. The van der Waals surface area contributed by atoms with Crippen LogP contribution in [0.15, 0.2) is 60.8 Å². The van der Waals surface area contributed by atoms with Crippen LogP contribution in [-0.4, -0.2) is 15.7 Å². The molecular formula is C17H11F4N3O. The second kappa shape index (κ2) is 6.39. The van der Waals surface area contributed by atoms with Crippen molar-refractivity contribution in [3.63, 3.8) is 0 Å². The van der Waals surface area contributed by atoms with E-state index in [9.17, 15) is 22.4 Å². The number of aromatic nitrogens is 2. The van der Waals surface area contributed by atoms with Crippen LogP contribution < -0.4 is 5.32 Å². The van der Waals surface area contributed by atoms with Gasteiger partial charge in [0.25, 0.3) is 5.91 Å². The highest BCUT2D eigenvalue weighted by atomic mass is 19.4. The lowest BCUT2D eigenvalue weighted by atomic mass is 10.2. The van der Waals surface area contributed by atoms with Gasteiger partial charge in [-0.2, -0.15) is 18.3 Å². The lowest BCUT2D eigenvalue weighted by molar-refractivity contribution is -0.143. The van der Waals surface area contributed by atoms with E-state index < -0.39 is 29.2 Å². The van der Waals surface area contributed by atoms with Crippen LogP contribution in [0.2, 0.25) is 0 Å². The van der Waals surface area contributed by atoms with Crippen molar-refractivity contribution in [1.29, 1.82) is 0 Å². The summed E-state index contributed by atoms with van der Waals surface area (Å²) in [5, 5.41) is 5.82. The van der Waals surface area contributed by atoms with Crippen LogP contribution >= 0.6 is 0 Å². The first kappa shape index (κ1) is 16.7. The highest BCUT2D eigenvalue weighted by Crippen LogP contribution is 2.34. The summed E-state index contributed by atoms with van der Waals surface area (Å²) in [5.41, 5.74) is -1.99. The summed E-state index contributed by atoms with van der Waals surface area (Å²) < 4.78 is 54.7. The molecule has 0 atom stereocenters. The van der Waals surface area contributed by atoms with Crippen LogP contribution in [-0.2, 0) is 6.18 Å². The van der Waals surface area contributed by atoms with Gasteiger partial charge in [0.15, 0.2) is 5.69 Å². The van der Waals surface area contributed by atoms with E-state index in [4.69, 9.17) is 0 Å². The summed E-state index contributed by atoms with van der Waals surface area (Å²) >= 11 is 0. The van der Waals surface area contributed by atoms with E-state index in [1.54, 1.807) is 18.2 Å². The van der Waals surface area contributed by atoms with Crippen molar-refractivity contribution in [2.75, 3.05) is 5.32 Å². The van der Waals surface area contributed by atoms with E-state index in [2.05, 4.69) is 10.4 Å². The van der Waals surface area contributed by atoms with Gasteiger partial charge in [-0.15, -0.1) is 0 Å². The number of alkyl halides is 3. The fourth-order valence-corrected chi connectivity index (χ4v) is 2.30. The molecule has 1 N–H and O–H groups in total. The fourth-order valence-electron chi connectivity index (χ4n) is 2.30. The van der Waals surface area contributed by atoms with Gasteiger partial charge in [-0.3, -0.25) is 4.79 Å². The molecular weight excluding hydrogens is 338 g/mol. The molecule has 0 fully saturated rings. The largest absolute Gasteiger partial charge is 0.434 e. The van der Waals surface area contributed by atoms with Crippen molar-refractivity contribution >= 4 is 11.6 Å². The van der Waals surface area contributed by atoms with Crippen molar-refractivity contribution in [2.45, 2.75) is 6.18 Å². The Bertz CT molecular complexity index is 904. The van der Waals surface area contributed by atoms with Gasteiger partial charge in [0.1, 0.15) is 5.82 Å². The van der Waals surface area contributed by atoms with Gasteiger partial charge in [-0.05, 0) is 24.3 Å². The molecule has 0 bridgehead atoms. The Balaban J connectivity index is 2.04. The number of para-hydroxylation sites is 2. The molecule has 3 aromatic rings. The molecule has 0 saturated heterocycles. The maximum absolute atomic E-state index is 13.6. The van der Waals surface area contributed by atoms with Crippen molar-refractivity contribution in [2.24, 2.45) is 0 Å². The molecule has 3 rings (SSSR count). The summed E-state index contributed by atoms with van der Waals surface area (Å²) in [5.74, 6) is -1.85. The van der Waals surface area contributed by atoms with Crippen molar-refractivity contribution in [3.8, 4) is 5.69 Å². The molecule has 0 aliphatic carbocycles. The van der Waals surface area contributed by atoms with Crippen molar-refractivity contribution < 1.29 is 22.4 Å². The fraction of sp³-hybridized carbons (Fsp3) is 0.0588. The summed E-state index contributed by atoms with van der Waals surface area (Å²) in [6, 6.07) is 12.8. The number of carbonyl (C=O) groups is 1. The topological polar surface area (TPSA) is 46.9 Å². The smallest absolute Gasteiger partial charge is 0.319 e. The molecule has 0 radical (unpaired) electrons. The molecule has 8 heteroatoms. The Morgan fingerprint density at radius 2 is 1.64 bits per heavy atom. The molecule has 1 amide bonds. The zero-order chi connectivity index (χ0) is 18.0. The number of hydrogen-bond acceptors (Lipinski definition) is 2. The number of nitrogens with zero attached hydrogens (tertiary/aromatic N) is 2. The Morgan fingerprint density at radius 3 is 2.28 bits per heavy atom. The number of hydrogen-bond donors (Lipinski definition) is 1. The molecule has 4 nitrogen and oxygen atoms in total. The maximum atomic E-state index is 13.6. The Hall–Kier alpha value is -3.16. The van der Waals surface area contributed by atoms with Crippen LogP contribution in [0.1, 0.15) is 16.1 Å². The Kier molecular flexibility index (Phi) is 4.26. The van der Waals surface area contributed by atoms with Crippen LogP contribution in [0.5, 0.6) is 0 Å². The van der Waals surface area contributed by atoms with Crippen molar-refractivity contribution in [3.05, 3.63) is 77.9 Å². The van der Waals surface area contributed by atoms with Crippen molar-refractivity contribution in [1.82, 2.24) is 9.78 Å². The van der Waals surface area contributed by atoms with Crippen LogP contribution in [0.25, 0.3) is 5.69 Å². The lowest BCUT2D eigenvalue weighted by Gasteiger charge is -2.13. The average molecular weight is 349 g/mol. The first-order valence-electron chi connectivity index (χ1n) is 7.14. The van der Waals surface area contributed by atoms with E-state index in [-0.39, 0.29) is 11.4 Å². The SMILES string of the molecule is O=C(Nc1ccccc1F)c1cnn(-c2ccccc2)c1C(F)(F)F. The molecule has 0 aliphatic heterocycles. The van der Waals surface area contributed by atoms with Gasteiger partial charge in [0, 0.05) is 0 Å². The van der Waals surface area contributed by atoms with E-state index in [1.165, 1.54) is 30.3 Å². The van der Waals surface area contributed by atoms with Crippen LogP contribution in [0.4, 0.5) is 23.2 Å². The summed E-state index contributed by atoms with van der Waals surface area (Å²) in [6.07, 6.45) is -4.01. The number of benzene rings is 2. The first-order chi connectivity index (χ1) is 11.9. The van der Waals surface area contributed by atoms with E-state index in [0.29, 0.717) is 4.68 Å². The first-order valence-corrected chi connectivity index (χ1v) is 7.14. The third-order valence-corrected chi connectivity index (χ3v) is 3.41. The lowest BCUT2D eigenvalue weighted by Crippen LogP contribution is -2.21. The Labute approximate surface area is 139 Å². The minimum atomic E-state index is -4.83. The molecule has 0 spiro atoms. The molecule has 0 unspecified atom stereocenters. The maximum Gasteiger partial charge on any atom is 0.434 e. The molecule has 25 heavy (non-hydrogen) atoms. The second-order valence-electron chi connectivity index (χ2n) is 5.09. The van der Waals surface area contributed by atoms with Gasteiger partial charge in [-0.25, -0.2) is 9.07 Å². The number of amides is 1. The molecule has 1 heterocycles. The van der Waals surface area contributed by atoms with E-state index >= 15 is 0 Å². The van der Waals surface area contributed by atoms with Gasteiger partial charge in [-0.1, -0.05) is 30.3 Å². The standard InChI is InChI=1S/C17H11F4N3O/c18-13-8-4-5-9-14(13)23-16(25)12-10-22-24(15(12)17(19,20)21)11-6-2-1-3-7-11/h1-10H,(H,23,25). The van der Waals surface area contributed by atoms with Crippen LogP contribution in [0, 0.1) is 5.82 Å². The third-order valence-electron chi connectivity index (χ3n) is 3.41. The van der Waals surface area contributed by atoms with Gasteiger partial charge >= 0.3 is 6.18 Å². The number of halogens is 4. The number of rotatable bonds is 3. The number of carbonyl (C=O) groups excluding carboxylic acids is 1. The minimum Gasteiger partial charge on any atom is -0.319 e. The molecule has 2 aromatic carbocycles. The quantitative estimate of drug-likeness (QED) is 0.718. The third kappa shape index (κ3) is 3.37. The van der Waals surface area contributed by atoms with Gasteiger partial charge in [0.2, 0.25) is 0 Å². The minimum absolute atomic E-state index is 0.153. The zero-order valence-corrected chi connectivity index (χ0v) is 12.6. The summed E-state index contributed by atoms with van der Waals surface area (Å²) in [6.45, 7) is 0. The molecule has 0 aliphatic rings. The predicted octanol–water partition coefficient (Wildman–Crippen LogP) is 4.28. The molecule has 0 saturated carbocycles. The summed E-state index contributed by atoms with van der Waals surface area (Å²) in [7, 11) is 0. The molecule has 128 valence electrons. The monoisotopic (exact) mass is 349 g/mol. The number of nitrogens with one attached hydrogen (secondary N) is 1. The number of anilines is 1. The second-order valence-corrected chi connectivity index (χ2v) is 5.09. The van der Waals surface area contributed by atoms with E-state index in [1.807, 2.05) is 0 Å². The highest BCUT2D eigenvalue weighted by Gasteiger charge is 2.40. The zero-order valence-electron chi connectivity index (χ0n) is 12.6. The van der Waals surface area contributed by atoms with E-state index in [0.717, 1.165) is 12.3 Å². The summed E-state index contributed by atoms with van der Waals surface area (Å²) in [4.78, 5) is 12.2. The Morgan fingerprint density at radius 1 is 1.00 bits per heavy atom. The van der Waals surface area contributed by atoms with Gasteiger partial charge < -0.3 is 5.32 Å². The van der Waals surface area contributed by atoms with Gasteiger partial charge in [0.05, 0.1) is 23.1 Å². The predicted molar refractivity (Wildman–Crippen MR) is 82.9 cm³/mol. The normalized spacial score (nSPS) is 11.4. The highest BCUT2D eigenvalue weighted by molar-refractivity contribution is 6.05. The average Bonchev–Trinajstić information content (AvgIpc) is 3.03. The van der Waals surface area contributed by atoms with Crippen LogP contribution in [0.3, 0.4) is 0 Å².